The number of rotatable bonds is 59. The minimum absolute atomic E-state index is 0.00664. The van der Waals surface area contributed by atoms with Crippen LogP contribution < -0.4 is 5.32 Å². The third kappa shape index (κ3) is 57.2. The number of esters is 1. The van der Waals surface area contributed by atoms with E-state index in [2.05, 4.69) is 43.5 Å². The largest absolute Gasteiger partial charge is 0.466 e. The molecular weight excluding hydrogens is 875 g/mol. The highest BCUT2D eigenvalue weighted by Crippen LogP contribution is 2.18. The molecule has 0 bridgehead atoms. The number of allylic oxidation sites excluding steroid dienone is 5. The quantitative estimate of drug-likeness (QED) is 0.0321. The fourth-order valence-corrected chi connectivity index (χ4v) is 9.78. The Morgan fingerprint density at radius 2 is 0.704 bits per heavy atom. The van der Waals surface area contributed by atoms with Crippen molar-refractivity contribution in [2.45, 2.75) is 353 Å². The van der Waals surface area contributed by atoms with Crippen molar-refractivity contribution in [3.8, 4) is 0 Å². The van der Waals surface area contributed by atoms with Gasteiger partial charge in [-0.15, -0.1) is 0 Å². The molecule has 2 atom stereocenters. The van der Waals surface area contributed by atoms with E-state index in [1.807, 2.05) is 6.08 Å². The molecule has 0 aliphatic heterocycles. The molecule has 0 aliphatic carbocycles. The topological polar surface area (TPSA) is 95.9 Å². The van der Waals surface area contributed by atoms with Crippen molar-refractivity contribution in [1.82, 2.24) is 5.32 Å². The van der Waals surface area contributed by atoms with Crippen LogP contribution in [0.5, 0.6) is 0 Å². The highest BCUT2D eigenvalue weighted by atomic mass is 16.5. The second-order valence-corrected chi connectivity index (χ2v) is 21.7. The number of carbonyl (C=O) groups excluding carboxylic acids is 2. The molecule has 0 radical (unpaired) electrons. The molecule has 0 aliphatic rings. The highest BCUT2D eigenvalue weighted by Gasteiger charge is 2.18. The van der Waals surface area contributed by atoms with Crippen molar-refractivity contribution in [3.63, 3.8) is 0 Å². The summed E-state index contributed by atoms with van der Waals surface area (Å²) in [5.41, 5.74) is 0. The molecule has 0 heterocycles. The van der Waals surface area contributed by atoms with Gasteiger partial charge in [0.1, 0.15) is 0 Å². The van der Waals surface area contributed by atoms with E-state index in [1.54, 1.807) is 6.08 Å². The van der Waals surface area contributed by atoms with E-state index < -0.39 is 12.1 Å². The Morgan fingerprint density at radius 3 is 1.08 bits per heavy atom. The Kier molecular flexibility index (Phi) is 59.0. The minimum atomic E-state index is -0.849. The number of unbranched alkanes of at least 4 members (excludes halogenated alkanes) is 44. The lowest BCUT2D eigenvalue weighted by atomic mass is 10.0. The molecule has 0 saturated carbocycles. The number of ether oxygens (including phenoxy) is 1. The van der Waals surface area contributed by atoms with Crippen LogP contribution in [0.2, 0.25) is 0 Å². The molecule has 0 aromatic heterocycles. The van der Waals surface area contributed by atoms with Gasteiger partial charge in [-0.25, -0.2) is 0 Å². The van der Waals surface area contributed by atoms with Crippen molar-refractivity contribution in [1.29, 1.82) is 0 Å². The maximum absolute atomic E-state index is 12.5. The van der Waals surface area contributed by atoms with Crippen LogP contribution in [-0.4, -0.2) is 47.4 Å². The van der Waals surface area contributed by atoms with E-state index in [1.165, 1.54) is 263 Å². The van der Waals surface area contributed by atoms with E-state index in [9.17, 15) is 19.8 Å². The average Bonchev–Trinajstić information content (AvgIpc) is 3.37. The smallest absolute Gasteiger partial charge is 0.305 e. The molecule has 0 spiro atoms. The van der Waals surface area contributed by atoms with Gasteiger partial charge < -0.3 is 20.3 Å². The number of hydrogen-bond acceptors (Lipinski definition) is 5. The van der Waals surface area contributed by atoms with Crippen LogP contribution in [-0.2, 0) is 14.3 Å². The zero-order chi connectivity index (χ0) is 51.4. The number of aliphatic hydroxyl groups excluding tert-OH is 2. The molecule has 3 N–H and O–H groups in total. The molecule has 0 aromatic carbocycles. The summed E-state index contributed by atoms with van der Waals surface area (Å²) in [5, 5.41) is 23.2. The van der Waals surface area contributed by atoms with E-state index >= 15 is 0 Å². The second-order valence-electron chi connectivity index (χ2n) is 21.7. The molecule has 0 saturated heterocycles. The minimum Gasteiger partial charge on any atom is -0.466 e. The molecule has 0 fully saturated rings. The molecule has 0 aromatic rings. The number of aliphatic hydroxyl groups is 2. The Hall–Kier alpha value is -1.92. The van der Waals surface area contributed by atoms with Crippen LogP contribution in [0.25, 0.3) is 0 Å². The molecule has 0 rings (SSSR count). The summed E-state index contributed by atoms with van der Waals surface area (Å²) in [5.74, 6) is -0.0764. The van der Waals surface area contributed by atoms with Gasteiger partial charge in [0.2, 0.25) is 5.91 Å². The fourth-order valence-electron chi connectivity index (χ4n) is 9.78. The molecule has 2 unspecified atom stereocenters. The normalized spacial score (nSPS) is 12.8. The van der Waals surface area contributed by atoms with Crippen molar-refractivity contribution < 1.29 is 24.5 Å². The van der Waals surface area contributed by atoms with Gasteiger partial charge in [0.15, 0.2) is 0 Å². The summed E-state index contributed by atoms with van der Waals surface area (Å²) in [6.07, 6.45) is 76.1. The van der Waals surface area contributed by atoms with E-state index in [4.69, 9.17) is 4.74 Å². The van der Waals surface area contributed by atoms with Gasteiger partial charge in [0.25, 0.3) is 0 Å². The predicted molar refractivity (Wildman–Crippen MR) is 310 cm³/mol. The second kappa shape index (κ2) is 60.6. The first-order chi connectivity index (χ1) is 35.0. The first-order valence-electron chi connectivity index (χ1n) is 31.8. The van der Waals surface area contributed by atoms with Crippen LogP contribution >= 0.6 is 0 Å². The lowest BCUT2D eigenvalue weighted by Gasteiger charge is -2.20. The first-order valence-corrected chi connectivity index (χ1v) is 31.8. The van der Waals surface area contributed by atoms with E-state index in [0.29, 0.717) is 19.4 Å². The van der Waals surface area contributed by atoms with E-state index in [-0.39, 0.29) is 18.5 Å². The van der Waals surface area contributed by atoms with Crippen LogP contribution in [0.15, 0.2) is 36.5 Å². The van der Waals surface area contributed by atoms with E-state index in [0.717, 1.165) is 51.4 Å². The number of amides is 1. The maximum atomic E-state index is 12.5. The van der Waals surface area contributed by atoms with Crippen molar-refractivity contribution in [2.24, 2.45) is 0 Å². The summed E-state index contributed by atoms with van der Waals surface area (Å²) < 4.78 is 5.48. The van der Waals surface area contributed by atoms with Gasteiger partial charge in [-0.3, -0.25) is 9.59 Å². The summed E-state index contributed by atoms with van der Waals surface area (Å²) in [7, 11) is 0. The Balaban J connectivity index is 3.45. The zero-order valence-electron chi connectivity index (χ0n) is 47.7. The summed E-state index contributed by atoms with van der Waals surface area (Å²) in [4.78, 5) is 24.6. The maximum Gasteiger partial charge on any atom is 0.305 e. The van der Waals surface area contributed by atoms with Gasteiger partial charge in [-0.05, 0) is 64.2 Å². The zero-order valence-corrected chi connectivity index (χ0v) is 47.7. The molecule has 418 valence electrons. The molecule has 6 nitrogen and oxygen atoms in total. The van der Waals surface area contributed by atoms with Crippen LogP contribution in [0.3, 0.4) is 0 Å². The first kappa shape index (κ1) is 69.1. The summed E-state index contributed by atoms with van der Waals surface area (Å²) in [6, 6.07) is -0.632. The molecular formula is C65H123NO5. The van der Waals surface area contributed by atoms with Crippen LogP contribution in [0, 0.1) is 0 Å². The van der Waals surface area contributed by atoms with Gasteiger partial charge in [0, 0.05) is 12.8 Å². The summed E-state index contributed by atoms with van der Waals surface area (Å²) >= 11 is 0. The standard InChI is InChI=1S/C65H123NO5/c1-3-5-7-9-11-13-15-17-19-21-22-23-26-29-33-37-41-45-49-53-57-63(68)62(61-67)66-64(69)58-54-50-46-42-38-34-30-27-24-25-28-32-36-40-44-48-52-56-60-71-65(70)59-55-51-47-43-39-35-31-20-18-16-14-12-10-8-6-4-2/h14,16,20,31,53,57,62-63,67-68H,3-13,15,17-19,21-30,32-52,54-56,58-61H2,1-2H3,(H,66,69)/b16-14-,31-20-,57-53+. The van der Waals surface area contributed by atoms with Crippen molar-refractivity contribution in [3.05, 3.63) is 36.5 Å². The lowest BCUT2D eigenvalue weighted by Crippen LogP contribution is -2.45. The van der Waals surface area contributed by atoms with Gasteiger partial charge >= 0.3 is 5.97 Å². The van der Waals surface area contributed by atoms with Crippen molar-refractivity contribution >= 4 is 11.9 Å². The molecule has 71 heavy (non-hydrogen) atoms. The summed E-state index contributed by atoms with van der Waals surface area (Å²) in [6.45, 7) is 4.89. The van der Waals surface area contributed by atoms with Gasteiger partial charge in [-0.2, -0.15) is 0 Å². The van der Waals surface area contributed by atoms with Gasteiger partial charge in [0.05, 0.1) is 25.4 Å². The highest BCUT2D eigenvalue weighted by molar-refractivity contribution is 5.76. The Labute approximate surface area is 443 Å². The number of nitrogens with one attached hydrogen (secondary N) is 1. The predicted octanol–water partition coefficient (Wildman–Crippen LogP) is 20.0. The van der Waals surface area contributed by atoms with Crippen LogP contribution in [0.1, 0.15) is 341 Å². The molecule has 1 amide bonds. The number of carbonyl (C=O) groups is 2. The monoisotopic (exact) mass is 998 g/mol. The SMILES string of the molecule is CCCCCC/C=C\C/C=C\CCCCCCCC(=O)OCCCCCCCCCCCCCCCCCCCCC(=O)NC(CO)C(O)/C=C/CCCCCCCCCCCCCCCCCCCC. The average molecular weight is 999 g/mol. The van der Waals surface area contributed by atoms with Gasteiger partial charge in [-0.1, -0.05) is 301 Å². The third-order valence-corrected chi connectivity index (χ3v) is 14.7. The molecule has 6 heteroatoms. The third-order valence-electron chi connectivity index (χ3n) is 14.7. The van der Waals surface area contributed by atoms with Crippen molar-refractivity contribution in [2.75, 3.05) is 13.2 Å². The Morgan fingerprint density at radius 1 is 0.394 bits per heavy atom. The lowest BCUT2D eigenvalue weighted by molar-refractivity contribution is -0.143. The fraction of sp³-hybridized carbons (Fsp3) is 0.877. The Bertz CT molecular complexity index is 1150. The number of hydrogen-bond donors (Lipinski definition) is 3. The van der Waals surface area contributed by atoms with Crippen LogP contribution in [0.4, 0.5) is 0 Å².